The summed E-state index contributed by atoms with van der Waals surface area (Å²) in [4.78, 5) is 19.2. The molecule has 3 aliphatic rings. The zero-order chi connectivity index (χ0) is 27.1. The van der Waals surface area contributed by atoms with Gasteiger partial charge in [-0.3, -0.25) is 0 Å². The average Bonchev–Trinajstić information content (AvgIpc) is 3.46. The van der Waals surface area contributed by atoms with E-state index < -0.39 is 18.5 Å². The molecule has 1 saturated carbocycles. The van der Waals surface area contributed by atoms with E-state index in [0.717, 1.165) is 41.8 Å². The van der Waals surface area contributed by atoms with Gasteiger partial charge in [0.05, 0.1) is 18.9 Å². The van der Waals surface area contributed by atoms with Gasteiger partial charge in [-0.15, -0.1) is 0 Å². The number of benzene rings is 1. The number of likely N-dealkylation sites (tertiary alicyclic amines) is 1. The van der Waals surface area contributed by atoms with Crippen LogP contribution in [-0.4, -0.2) is 66.1 Å². The molecule has 0 radical (unpaired) electrons. The van der Waals surface area contributed by atoms with Gasteiger partial charge in [0.2, 0.25) is 0 Å². The van der Waals surface area contributed by atoms with Crippen molar-refractivity contribution in [3.05, 3.63) is 41.6 Å². The van der Waals surface area contributed by atoms with Crippen molar-refractivity contribution in [2.75, 3.05) is 43.5 Å². The number of carbonyl (C=O) groups excluding carboxylic acids is 1. The summed E-state index contributed by atoms with van der Waals surface area (Å²) in [5.74, 6) is 0.579. The molecular formula is C28H35F3N4O3. The molecule has 1 aromatic carbocycles. The Bertz CT molecular complexity index is 1190. The van der Waals surface area contributed by atoms with E-state index in [2.05, 4.69) is 16.7 Å². The zero-order valence-corrected chi connectivity index (χ0v) is 21.8. The van der Waals surface area contributed by atoms with Crippen LogP contribution in [0.15, 0.2) is 30.3 Å². The minimum absolute atomic E-state index is 0.00951. The van der Waals surface area contributed by atoms with Gasteiger partial charge >= 0.3 is 12.2 Å². The van der Waals surface area contributed by atoms with Crippen LogP contribution in [0.4, 0.5) is 29.5 Å². The highest BCUT2D eigenvalue weighted by molar-refractivity contribution is 5.90. The summed E-state index contributed by atoms with van der Waals surface area (Å²) >= 11 is 0. The van der Waals surface area contributed by atoms with Crippen LogP contribution in [-0.2, 0) is 10.2 Å². The third-order valence-corrected chi connectivity index (χ3v) is 8.14. The van der Waals surface area contributed by atoms with E-state index in [1.165, 1.54) is 4.90 Å². The minimum atomic E-state index is -4.22. The summed E-state index contributed by atoms with van der Waals surface area (Å²) in [6.07, 6.45) is -2.78. The number of alkyl halides is 3. The Morgan fingerprint density at radius 3 is 2.87 bits per heavy atom. The van der Waals surface area contributed by atoms with Gasteiger partial charge < -0.3 is 25.4 Å². The lowest BCUT2D eigenvalue weighted by Crippen LogP contribution is -2.33. The van der Waals surface area contributed by atoms with Crippen molar-refractivity contribution in [3.8, 4) is 11.1 Å². The minimum Gasteiger partial charge on any atom is -0.394 e. The number of anilines is 2. The first-order valence-electron chi connectivity index (χ1n) is 13.3. The van der Waals surface area contributed by atoms with Gasteiger partial charge in [0.15, 0.2) is 0 Å². The molecule has 3 fully saturated rings. The number of ether oxygens (including phenoxy) is 1. The number of hydrogen-bond acceptors (Lipinski definition) is 5. The van der Waals surface area contributed by atoms with Gasteiger partial charge in [0.1, 0.15) is 5.82 Å². The van der Waals surface area contributed by atoms with Crippen LogP contribution < -0.4 is 10.6 Å². The van der Waals surface area contributed by atoms with Crippen LogP contribution in [0.2, 0.25) is 0 Å². The summed E-state index contributed by atoms with van der Waals surface area (Å²) in [5, 5.41) is 15.7. The van der Waals surface area contributed by atoms with Crippen molar-refractivity contribution in [1.82, 2.24) is 9.88 Å². The summed E-state index contributed by atoms with van der Waals surface area (Å²) in [5.41, 5.74) is 4.51. The fourth-order valence-corrected chi connectivity index (χ4v) is 5.86. The highest BCUT2D eigenvalue weighted by Gasteiger charge is 2.57. The molecule has 7 nitrogen and oxygen atoms in total. The Hall–Kier alpha value is -2.85. The molecule has 1 aliphatic carbocycles. The fourth-order valence-electron chi connectivity index (χ4n) is 5.86. The maximum atomic E-state index is 12.9. The summed E-state index contributed by atoms with van der Waals surface area (Å²) < 4.78 is 44.0. The van der Waals surface area contributed by atoms with E-state index >= 15 is 0 Å². The van der Waals surface area contributed by atoms with Crippen molar-refractivity contribution in [1.29, 1.82) is 0 Å². The molecule has 4 atom stereocenters. The normalized spacial score (nSPS) is 25.6. The number of amides is 2. The Kier molecular flexibility index (Phi) is 7.30. The number of nitrogens with zero attached hydrogens (tertiary/aromatic N) is 2. The Labute approximate surface area is 220 Å². The average molecular weight is 533 g/mol. The topological polar surface area (TPSA) is 86.7 Å². The number of aliphatic hydroxyl groups excluding tert-OH is 1. The van der Waals surface area contributed by atoms with Gasteiger partial charge in [0, 0.05) is 43.3 Å². The molecule has 10 heteroatoms. The molecule has 3 unspecified atom stereocenters. The number of carbonyl (C=O) groups is 1. The number of rotatable bonds is 7. The molecule has 2 amide bonds. The number of hydrogen-bond donors (Lipinski definition) is 3. The first-order chi connectivity index (χ1) is 18.1. The molecule has 206 valence electrons. The van der Waals surface area contributed by atoms with E-state index in [1.54, 1.807) is 0 Å². The predicted molar refractivity (Wildman–Crippen MR) is 139 cm³/mol. The summed E-state index contributed by atoms with van der Waals surface area (Å²) in [6, 6.07) is 9.17. The third kappa shape index (κ3) is 5.76. The van der Waals surface area contributed by atoms with Crippen LogP contribution in [0.25, 0.3) is 11.1 Å². The highest BCUT2D eigenvalue weighted by Crippen LogP contribution is 2.58. The maximum Gasteiger partial charge on any atom is 0.389 e. The molecule has 1 aromatic heterocycles. The number of nitrogens with one attached hydrogen (secondary N) is 2. The SMILES string of the molecule is Cc1ccc(NC(=O)N2CCC(CC(F)(F)F)C2)cc1-c1cc(N[C@H](C)CO)nc(C23CCOCC2C3)c1. The number of aryl methyl sites for hydroxylation is 1. The number of halogens is 3. The number of pyridine rings is 1. The van der Waals surface area contributed by atoms with Crippen molar-refractivity contribution >= 4 is 17.5 Å². The lowest BCUT2D eigenvalue weighted by Gasteiger charge is -2.24. The molecular weight excluding hydrogens is 497 g/mol. The number of fused-ring (bicyclic) bond motifs is 1. The fraction of sp³-hybridized carbons (Fsp3) is 0.571. The third-order valence-electron chi connectivity index (χ3n) is 8.14. The molecule has 5 rings (SSSR count). The summed E-state index contributed by atoms with van der Waals surface area (Å²) in [6.45, 7) is 5.72. The molecule has 2 aliphatic heterocycles. The maximum absolute atomic E-state index is 12.9. The standard InChI is InChI=1S/C28H35F3N4O3/c1-17-3-4-22(33-26(37)35-7-5-19(14-35)12-28(29,30)31)11-23(17)20-9-24(27-6-8-38-16-21(27)13-27)34-25(10-20)32-18(2)15-36/h3-4,9-11,18-19,21,36H,5-8,12-16H2,1-2H3,(H,32,34)(H,33,37)/t18-,19?,21?,27?/m1/s1. The lowest BCUT2D eigenvalue weighted by molar-refractivity contribution is -0.143. The van der Waals surface area contributed by atoms with Crippen LogP contribution in [0, 0.1) is 18.8 Å². The van der Waals surface area contributed by atoms with Crippen LogP contribution in [0.5, 0.6) is 0 Å². The lowest BCUT2D eigenvalue weighted by atomic mass is 9.90. The molecule has 3 N–H and O–H groups in total. The van der Waals surface area contributed by atoms with Gasteiger partial charge in [-0.25, -0.2) is 9.78 Å². The van der Waals surface area contributed by atoms with Crippen molar-refractivity contribution in [2.45, 2.75) is 57.2 Å². The zero-order valence-electron chi connectivity index (χ0n) is 21.8. The van der Waals surface area contributed by atoms with E-state index in [4.69, 9.17) is 9.72 Å². The molecule has 0 spiro atoms. The molecule has 2 aromatic rings. The quantitative estimate of drug-likeness (QED) is 0.449. The molecule has 3 heterocycles. The Morgan fingerprint density at radius 2 is 2.13 bits per heavy atom. The first kappa shape index (κ1) is 26.7. The van der Waals surface area contributed by atoms with Gasteiger partial charge in [-0.2, -0.15) is 13.2 Å². The van der Waals surface area contributed by atoms with Crippen LogP contribution in [0.3, 0.4) is 0 Å². The number of aliphatic hydroxyl groups is 1. The molecule has 2 saturated heterocycles. The predicted octanol–water partition coefficient (Wildman–Crippen LogP) is 5.33. The smallest absolute Gasteiger partial charge is 0.389 e. The monoisotopic (exact) mass is 532 g/mol. The van der Waals surface area contributed by atoms with Crippen LogP contribution in [0.1, 0.15) is 43.9 Å². The van der Waals surface area contributed by atoms with E-state index in [9.17, 15) is 23.1 Å². The van der Waals surface area contributed by atoms with Gasteiger partial charge in [-0.05, 0) is 85.9 Å². The summed E-state index contributed by atoms with van der Waals surface area (Å²) in [7, 11) is 0. The van der Waals surface area contributed by atoms with E-state index in [1.807, 2.05) is 38.1 Å². The Morgan fingerprint density at radius 1 is 1.32 bits per heavy atom. The second kappa shape index (κ2) is 10.4. The molecule has 0 bridgehead atoms. The van der Waals surface area contributed by atoms with Gasteiger partial charge in [-0.1, -0.05) is 6.07 Å². The first-order valence-corrected chi connectivity index (χ1v) is 13.3. The molecule has 38 heavy (non-hydrogen) atoms. The second-order valence-corrected chi connectivity index (χ2v) is 11.1. The number of urea groups is 1. The van der Waals surface area contributed by atoms with Crippen molar-refractivity contribution in [3.63, 3.8) is 0 Å². The van der Waals surface area contributed by atoms with E-state index in [0.29, 0.717) is 37.0 Å². The second-order valence-electron chi connectivity index (χ2n) is 11.1. The Balaban J connectivity index is 1.39. The largest absolute Gasteiger partial charge is 0.394 e. The highest BCUT2D eigenvalue weighted by atomic mass is 19.4. The number of aromatic nitrogens is 1. The van der Waals surface area contributed by atoms with Crippen LogP contribution >= 0.6 is 0 Å². The van der Waals surface area contributed by atoms with E-state index in [-0.39, 0.29) is 30.6 Å². The van der Waals surface area contributed by atoms with Crippen molar-refractivity contribution in [2.24, 2.45) is 11.8 Å². The van der Waals surface area contributed by atoms with Gasteiger partial charge in [0.25, 0.3) is 0 Å². The van der Waals surface area contributed by atoms with Crippen molar-refractivity contribution < 1.29 is 27.8 Å².